The van der Waals surface area contributed by atoms with Crippen molar-refractivity contribution < 1.29 is 0 Å². The van der Waals surface area contributed by atoms with Crippen LogP contribution in [-0.4, -0.2) is 5.71 Å². The molecule has 0 aromatic heterocycles. The molecule has 0 fully saturated rings. The van der Waals surface area contributed by atoms with Gasteiger partial charge in [0, 0.05) is 11.0 Å². The van der Waals surface area contributed by atoms with E-state index in [0.29, 0.717) is 0 Å². The minimum absolute atomic E-state index is 0.0883. The lowest BCUT2D eigenvalue weighted by Gasteiger charge is -2.21. The maximum Gasteiger partial charge on any atom is 0.0675 e. The standard InChI is InChI=1S/C17H15N/c1-11-7-8-15-14(9-11)17(2)10-12-5-3-4-6-13(12)16(17)18-15/h3-9H,10H2,1-2H3. The molecule has 0 amide bonds. The molecule has 1 heterocycles. The quantitative estimate of drug-likeness (QED) is 0.653. The maximum absolute atomic E-state index is 4.88. The highest BCUT2D eigenvalue weighted by atomic mass is 14.8. The molecule has 2 aromatic carbocycles. The Bertz CT molecular complexity index is 697. The fraction of sp³-hybridized carbons (Fsp3) is 0.235. The molecule has 1 aliphatic carbocycles. The molecule has 0 spiro atoms. The predicted octanol–water partition coefficient (Wildman–Crippen LogP) is 3.94. The minimum Gasteiger partial charge on any atom is -0.252 e. The first-order valence-corrected chi connectivity index (χ1v) is 6.47. The van der Waals surface area contributed by atoms with E-state index in [0.717, 1.165) is 12.1 Å². The topological polar surface area (TPSA) is 12.4 Å². The van der Waals surface area contributed by atoms with Crippen LogP contribution in [0.2, 0.25) is 0 Å². The Kier molecular flexibility index (Phi) is 1.74. The number of rotatable bonds is 0. The SMILES string of the molecule is Cc1ccc2c(c1)C1(C)Cc3ccccc3C1=N2. The van der Waals surface area contributed by atoms with Crippen molar-refractivity contribution in [1.29, 1.82) is 0 Å². The zero-order valence-electron chi connectivity index (χ0n) is 10.7. The smallest absolute Gasteiger partial charge is 0.0675 e. The van der Waals surface area contributed by atoms with Gasteiger partial charge in [-0.15, -0.1) is 0 Å². The molecule has 1 heteroatoms. The highest BCUT2D eigenvalue weighted by molar-refractivity contribution is 6.16. The Morgan fingerprint density at radius 1 is 1.11 bits per heavy atom. The van der Waals surface area contributed by atoms with E-state index in [1.54, 1.807) is 0 Å². The number of hydrogen-bond donors (Lipinski definition) is 0. The molecule has 0 saturated carbocycles. The summed E-state index contributed by atoms with van der Waals surface area (Å²) >= 11 is 0. The molecular formula is C17H15N. The maximum atomic E-state index is 4.88. The predicted molar refractivity (Wildman–Crippen MR) is 74.9 cm³/mol. The van der Waals surface area contributed by atoms with E-state index in [9.17, 15) is 0 Å². The first-order chi connectivity index (χ1) is 8.68. The third-order valence-electron chi connectivity index (χ3n) is 4.32. The largest absolute Gasteiger partial charge is 0.252 e. The second-order valence-corrected chi connectivity index (χ2v) is 5.65. The molecule has 0 radical (unpaired) electrons. The summed E-state index contributed by atoms with van der Waals surface area (Å²) in [5.41, 5.74) is 8.01. The summed E-state index contributed by atoms with van der Waals surface area (Å²) in [5.74, 6) is 0. The van der Waals surface area contributed by atoms with Gasteiger partial charge in [0.2, 0.25) is 0 Å². The molecule has 2 aliphatic rings. The third kappa shape index (κ3) is 1.09. The van der Waals surface area contributed by atoms with E-state index < -0.39 is 0 Å². The van der Waals surface area contributed by atoms with Gasteiger partial charge < -0.3 is 0 Å². The van der Waals surface area contributed by atoms with Gasteiger partial charge in [-0.1, -0.05) is 42.0 Å². The van der Waals surface area contributed by atoms with Gasteiger partial charge in [0.1, 0.15) is 0 Å². The molecule has 1 unspecified atom stereocenters. The molecule has 1 aliphatic heterocycles. The highest BCUT2D eigenvalue weighted by Gasteiger charge is 2.45. The van der Waals surface area contributed by atoms with Gasteiger partial charge in [0.15, 0.2) is 0 Å². The highest BCUT2D eigenvalue weighted by Crippen LogP contribution is 2.48. The van der Waals surface area contributed by atoms with Gasteiger partial charge in [-0.25, -0.2) is 0 Å². The number of nitrogens with zero attached hydrogens (tertiary/aromatic N) is 1. The van der Waals surface area contributed by atoms with Crippen molar-refractivity contribution in [1.82, 2.24) is 0 Å². The second kappa shape index (κ2) is 3.11. The summed E-state index contributed by atoms with van der Waals surface area (Å²) < 4.78 is 0. The molecule has 0 N–H and O–H groups in total. The van der Waals surface area contributed by atoms with Crippen molar-refractivity contribution in [3.05, 3.63) is 64.7 Å². The summed E-state index contributed by atoms with van der Waals surface area (Å²) in [7, 11) is 0. The van der Waals surface area contributed by atoms with Crippen molar-refractivity contribution in [2.45, 2.75) is 25.7 Å². The number of hydrogen-bond acceptors (Lipinski definition) is 1. The summed E-state index contributed by atoms with van der Waals surface area (Å²) in [6, 6.07) is 15.3. The third-order valence-corrected chi connectivity index (χ3v) is 4.32. The Labute approximate surface area is 107 Å². The first kappa shape index (κ1) is 10.1. The lowest BCUT2D eigenvalue weighted by Crippen LogP contribution is -2.26. The van der Waals surface area contributed by atoms with Gasteiger partial charge in [0.05, 0.1) is 11.4 Å². The molecular weight excluding hydrogens is 218 g/mol. The van der Waals surface area contributed by atoms with E-state index in [4.69, 9.17) is 4.99 Å². The summed E-state index contributed by atoms with van der Waals surface area (Å²) in [6.07, 6.45) is 1.08. The van der Waals surface area contributed by atoms with Gasteiger partial charge >= 0.3 is 0 Å². The van der Waals surface area contributed by atoms with E-state index in [2.05, 4.69) is 56.3 Å². The lowest BCUT2D eigenvalue weighted by atomic mass is 9.79. The normalized spacial score (nSPS) is 23.3. The minimum atomic E-state index is 0.0883. The molecule has 2 aromatic rings. The van der Waals surface area contributed by atoms with Crippen LogP contribution in [0.25, 0.3) is 0 Å². The van der Waals surface area contributed by atoms with Crippen LogP contribution in [0.3, 0.4) is 0 Å². The molecule has 1 nitrogen and oxygen atoms in total. The van der Waals surface area contributed by atoms with Gasteiger partial charge in [0.25, 0.3) is 0 Å². The fourth-order valence-electron chi connectivity index (χ4n) is 3.38. The van der Waals surface area contributed by atoms with E-state index in [1.807, 2.05) is 0 Å². The van der Waals surface area contributed by atoms with E-state index >= 15 is 0 Å². The number of fused-ring (bicyclic) bond motifs is 5. The monoisotopic (exact) mass is 233 g/mol. The van der Waals surface area contributed by atoms with Crippen molar-refractivity contribution in [2.24, 2.45) is 4.99 Å². The number of aryl methyl sites for hydroxylation is 1. The first-order valence-electron chi connectivity index (χ1n) is 6.47. The van der Waals surface area contributed by atoms with Crippen LogP contribution in [0.5, 0.6) is 0 Å². The zero-order chi connectivity index (χ0) is 12.3. The zero-order valence-corrected chi connectivity index (χ0v) is 10.7. The average molecular weight is 233 g/mol. The van der Waals surface area contributed by atoms with Crippen LogP contribution in [-0.2, 0) is 11.8 Å². The fourth-order valence-corrected chi connectivity index (χ4v) is 3.38. The lowest BCUT2D eigenvalue weighted by molar-refractivity contribution is 0.671. The Balaban J connectivity index is 2.00. The average Bonchev–Trinajstić information content (AvgIpc) is 2.79. The summed E-state index contributed by atoms with van der Waals surface area (Å²) in [6.45, 7) is 4.49. The molecule has 88 valence electrons. The van der Waals surface area contributed by atoms with Crippen LogP contribution in [0, 0.1) is 6.92 Å². The summed E-state index contributed by atoms with van der Waals surface area (Å²) in [5, 5.41) is 0. The molecule has 0 saturated heterocycles. The number of aliphatic imine (C=N–C) groups is 1. The van der Waals surface area contributed by atoms with Crippen LogP contribution < -0.4 is 0 Å². The van der Waals surface area contributed by atoms with Crippen LogP contribution >= 0.6 is 0 Å². The molecule has 0 bridgehead atoms. The molecule has 1 atom stereocenters. The van der Waals surface area contributed by atoms with Crippen molar-refractivity contribution in [3.8, 4) is 0 Å². The van der Waals surface area contributed by atoms with Gasteiger partial charge in [-0.2, -0.15) is 0 Å². The van der Waals surface area contributed by atoms with Crippen molar-refractivity contribution in [3.63, 3.8) is 0 Å². The van der Waals surface area contributed by atoms with Crippen molar-refractivity contribution in [2.75, 3.05) is 0 Å². The second-order valence-electron chi connectivity index (χ2n) is 5.65. The van der Waals surface area contributed by atoms with Crippen LogP contribution in [0.15, 0.2) is 47.5 Å². The Morgan fingerprint density at radius 2 is 1.94 bits per heavy atom. The van der Waals surface area contributed by atoms with Gasteiger partial charge in [-0.3, -0.25) is 4.99 Å². The Hall–Kier alpha value is -1.89. The van der Waals surface area contributed by atoms with E-state index in [1.165, 1.54) is 28.0 Å². The van der Waals surface area contributed by atoms with Crippen molar-refractivity contribution >= 4 is 11.4 Å². The van der Waals surface area contributed by atoms with E-state index in [-0.39, 0.29) is 5.41 Å². The summed E-state index contributed by atoms with van der Waals surface area (Å²) in [4.78, 5) is 4.88. The van der Waals surface area contributed by atoms with Gasteiger partial charge in [-0.05, 0) is 37.5 Å². The van der Waals surface area contributed by atoms with Crippen LogP contribution in [0.1, 0.15) is 29.2 Å². The van der Waals surface area contributed by atoms with Crippen LogP contribution in [0.4, 0.5) is 5.69 Å². The molecule has 18 heavy (non-hydrogen) atoms. The Morgan fingerprint density at radius 3 is 2.83 bits per heavy atom. The number of benzene rings is 2. The molecule has 4 rings (SSSR count).